The highest BCUT2D eigenvalue weighted by molar-refractivity contribution is 7.89. The number of sulfonamides is 1. The normalized spacial score (nSPS) is 15.1. The van der Waals surface area contributed by atoms with E-state index in [0.29, 0.717) is 42.7 Å². The Bertz CT molecular complexity index is 1160. The number of nitrogens with zero attached hydrogens (tertiary/aromatic N) is 5. The standard InChI is InChI=1S/C22H26N6O2S/c1-16-4-7-20(23-15-16)24-21-8-9-22(26-25-21)27-10-12-28(13-11-27)31(29,30)19-6-5-17(2)18(3)14-19/h4-9,14-15H,10-13H2,1-3H3,(H,23,24,25). The number of nitrogens with one attached hydrogen (secondary N) is 1. The van der Waals surface area contributed by atoms with Crippen LogP contribution in [0.3, 0.4) is 0 Å². The van der Waals surface area contributed by atoms with E-state index in [-0.39, 0.29) is 0 Å². The molecule has 1 fully saturated rings. The lowest BCUT2D eigenvalue weighted by Gasteiger charge is -2.34. The molecule has 3 aromatic rings. The van der Waals surface area contributed by atoms with Crippen LogP contribution in [-0.4, -0.2) is 54.1 Å². The molecule has 8 nitrogen and oxygen atoms in total. The van der Waals surface area contributed by atoms with Crippen molar-refractivity contribution in [1.29, 1.82) is 0 Å². The summed E-state index contributed by atoms with van der Waals surface area (Å²) in [5.41, 5.74) is 3.15. The van der Waals surface area contributed by atoms with Gasteiger partial charge in [0.15, 0.2) is 11.6 Å². The summed E-state index contributed by atoms with van der Waals surface area (Å²) in [6.45, 7) is 7.82. The lowest BCUT2D eigenvalue weighted by molar-refractivity contribution is 0.383. The van der Waals surface area contributed by atoms with Gasteiger partial charge in [0.1, 0.15) is 5.82 Å². The lowest BCUT2D eigenvalue weighted by Crippen LogP contribution is -2.49. The van der Waals surface area contributed by atoms with Gasteiger partial charge in [-0.05, 0) is 67.8 Å². The van der Waals surface area contributed by atoms with E-state index in [1.807, 2.05) is 56.0 Å². The predicted molar refractivity (Wildman–Crippen MR) is 121 cm³/mol. The van der Waals surface area contributed by atoms with Crippen molar-refractivity contribution >= 4 is 27.5 Å². The van der Waals surface area contributed by atoms with Gasteiger partial charge >= 0.3 is 0 Å². The van der Waals surface area contributed by atoms with Gasteiger partial charge in [-0.3, -0.25) is 0 Å². The van der Waals surface area contributed by atoms with Crippen molar-refractivity contribution in [1.82, 2.24) is 19.5 Å². The highest BCUT2D eigenvalue weighted by Crippen LogP contribution is 2.22. The minimum atomic E-state index is -3.50. The minimum Gasteiger partial charge on any atom is -0.352 e. The van der Waals surface area contributed by atoms with Crippen molar-refractivity contribution in [3.8, 4) is 0 Å². The van der Waals surface area contributed by atoms with Crippen LogP contribution >= 0.6 is 0 Å². The third kappa shape index (κ3) is 4.67. The lowest BCUT2D eigenvalue weighted by atomic mass is 10.1. The first kappa shape index (κ1) is 21.2. The SMILES string of the molecule is Cc1ccc(Nc2ccc(N3CCN(S(=O)(=O)c4ccc(C)c(C)c4)CC3)nn2)nc1. The summed E-state index contributed by atoms with van der Waals surface area (Å²) in [4.78, 5) is 6.70. The van der Waals surface area contributed by atoms with Gasteiger partial charge < -0.3 is 10.2 Å². The molecule has 0 aliphatic carbocycles. The number of rotatable bonds is 5. The fourth-order valence-electron chi connectivity index (χ4n) is 3.41. The van der Waals surface area contributed by atoms with Gasteiger partial charge in [-0.15, -0.1) is 10.2 Å². The van der Waals surface area contributed by atoms with Crippen molar-refractivity contribution < 1.29 is 8.42 Å². The summed E-state index contributed by atoms with van der Waals surface area (Å²) in [6.07, 6.45) is 1.79. The highest BCUT2D eigenvalue weighted by Gasteiger charge is 2.29. The molecule has 0 saturated carbocycles. The van der Waals surface area contributed by atoms with Gasteiger partial charge in [-0.1, -0.05) is 12.1 Å². The van der Waals surface area contributed by atoms with Crippen LogP contribution in [0.25, 0.3) is 0 Å². The van der Waals surface area contributed by atoms with Gasteiger partial charge in [-0.25, -0.2) is 13.4 Å². The Labute approximate surface area is 183 Å². The molecule has 1 aliphatic rings. The second-order valence-electron chi connectivity index (χ2n) is 7.76. The largest absolute Gasteiger partial charge is 0.352 e. The summed E-state index contributed by atoms with van der Waals surface area (Å²) in [7, 11) is -3.50. The second-order valence-corrected chi connectivity index (χ2v) is 9.70. The first-order valence-corrected chi connectivity index (χ1v) is 11.6. The zero-order chi connectivity index (χ0) is 22.0. The van der Waals surface area contributed by atoms with Crippen molar-refractivity contribution in [3.05, 3.63) is 65.4 Å². The number of aryl methyl sites for hydroxylation is 3. The van der Waals surface area contributed by atoms with E-state index < -0.39 is 10.0 Å². The maximum Gasteiger partial charge on any atom is 0.243 e. The Morgan fingerprint density at radius 2 is 1.58 bits per heavy atom. The van der Waals surface area contributed by atoms with Crippen molar-refractivity contribution in [2.24, 2.45) is 0 Å². The number of hydrogen-bond acceptors (Lipinski definition) is 7. The smallest absolute Gasteiger partial charge is 0.243 e. The van der Waals surface area contributed by atoms with Gasteiger partial charge in [0.25, 0.3) is 0 Å². The summed E-state index contributed by atoms with van der Waals surface area (Å²) >= 11 is 0. The monoisotopic (exact) mass is 438 g/mol. The molecule has 1 N–H and O–H groups in total. The zero-order valence-electron chi connectivity index (χ0n) is 17.9. The molecule has 0 spiro atoms. The van der Waals surface area contributed by atoms with Crippen molar-refractivity contribution in [2.45, 2.75) is 25.7 Å². The van der Waals surface area contributed by atoms with Gasteiger partial charge in [0.05, 0.1) is 4.90 Å². The summed E-state index contributed by atoms with van der Waals surface area (Å²) in [6, 6.07) is 12.9. The molecule has 0 radical (unpaired) electrons. The van der Waals surface area contributed by atoms with E-state index in [4.69, 9.17) is 0 Å². The molecule has 0 atom stereocenters. The zero-order valence-corrected chi connectivity index (χ0v) is 18.7. The molecule has 1 saturated heterocycles. The van der Waals surface area contributed by atoms with Crippen LogP contribution in [0.5, 0.6) is 0 Å². The van der Waals surface area contributed by atoms with E-state index in [2.05, 4.69) is 20.5 Å². The van der Waals surface area contributed by atoms with E-state index in [0.717, 1.165) is 22.5 Å². The Balaban J connectivity index is 1.39. The molecule has 4 rings (SSSR count). The van der Waals surface area contributed by atoms with Crippen LogP contribution in [0.15, 0.2) is 53.6 Å². The fraction of sp³-hybridized carbons (Fsp3) is 0.318. The van der Waals surface area contributed by atoms with E-state index in [1.165, 1.54) is 0 Å². The second kappa shape index (κ2) is 8.60. The Morgan fingerprint density at radius 1 is 0.839 bits per heavy atom. The number of benzene rings is 1. The molecule has 1 aliphatic heterocycles. The van der Waals surface area contributed by atoms with Crippen LogP contribution in [-0.2, 0) is 10.0 Å². The number of aromatic nitrogens is 3. The van der Waals surface area contributed by atoms with Crippen LogP contribution < -0.4 is 10.2 Å². The van der Waals surface area contributed by atoms with Crippen LogP contribution in [0.4, 0.5) is 17.5 Å². The molecular weight excluding hydrogens is 412 g/mol. The van der Waals surface area contributed by atoms with E-state index in [1.54, 1.807) is 22.6 Å². The van der Waals surface area contributed by atoms with Gasteiger partial charge in [-0.2, -0.15) is 4.31 Å². The van der Waals surface area contributed by atoms with Crippen LogP contribution in [0.1, 0.15) is 16.7 Å². The quantitative estimate of drug-likeness (QED) is 0.655. The number of piperazine rings is 1. The number of pyridine rings is 1. The Hall–Kier alpha value is -3.04. The maximum absolute atomic E-state index is 13.0. The molecular formula is C22H26N6O2S. The fourth-order valence-corrected chi connectivity index (χ4v) is 4.92. The predicted octanol–water partition coefficient (Wildman–Crippen LogP) is 3.05. The third-order valence-corrected chi connectivity index (χ3v) is 7.39. The molecule has 162 valence electrons. The van der Waals surface area contributed by atoms with Crippen LogP contribution in [0.2, 0.25) is 0 Å². The molecule has 9 heteroatoms. The van der Waals surface area contributed by atoms with Crippen molar-refractivity contribution in [3.63, 3.8) is 0 Å². The average molecular weight is 439 g/mol. The van der Waals surface area contributed by atoms with E-state index >= 15 is 0 Å². The van der Waals surface area contributed by atoms with Crippen LogP contribution in [0, 0.1) is 20.8 Å². The minimum absolute atomic E-state index is 0.351. The molecule has 0 bridgehead atoms. The topological polar surface area (TPSA) is 91.3 Å². The summed E-state index contributed by atoms with van der Waals surface area (Å²) < 4.78 is 27.5. The average Bonchev–Trinajstić information content (AvgIpc) is 2.78. The van der Waals surface area contributed by atoms with Crippen molar-refractivity contribution in [2.75, 3.05) is 36.4 Å². The first-order valence-electron chi connectivity index (χ1n) is 10.2. The van der Waals surface area contributed by atoms with E-state index in [9.17, 15) is 8.42 Å². The van der Waals surface area contributed by atoms with Gasteiger partial charge in [0.2, 0.25) is 10.0 Å². The molecule has 31 heavy (non-hydrogen) atoms. The third-order valence-electron chi connectivity index (χ3n) is 5.50. The number of anilines is 3. The van der Waals surface area contributed by atoms with Gasteiger partial charge in [0, 0.05) is 32.4 Å². The molecule has 1 aromatic carbocycles. The molecule has 0 unspecified atom stereocenters. The summed E-state index contributed by atoms with van der Waals surface area (Å²) in [5.74, 6) is 2.04. The highest BCUT2D eigenvalue weighted by atomic mass is 32.2. The number of hydrogen-bond donors (Lipinski definition) is 1. The molecule has 2 aromatic heterocycles. The Kier molecular flexibility index (Phi) is 5.88. The Morgan fingerprint density at radius 3 is 2.19 bits per heavy atom. The maximum atomic E-state index is 13.0. The molecule has 0 amide bonds. The summed E-state index contributed by atoms with van der Waals surface area (Å²) in [5, 5.41) is 11.7. The molecule has 3 heterocycles. The first-order chi connectivity index (χ1) is 14.8.